The van der Waals surface area contributed by atoms with Crippen LogP contribution in [0.4, 0.5) is 11.6 Å². The molecular weight excluding hydrogens is 518 g/mol. The molecule has 9 heteroatoms. The van der Waals surface area contributed by atoms with Crippen LogP contribution in [0.1, 0.15) is 37.8 Å². The van der Waals surface area contributed by atoms with Gasteiger partial charge in [-0.2, -0.15) is 4.98 Å². The Kier molecular flexibility index (Phi) is 11.1. The lowest BCUT2D eigenvalue weighted by Crippen LogP contribution is -2.34. The highest BCUT2D eigenvalue weighted by atomic mass is 16.5. The second-order valence-electron chi connectivity index (χ2n) is 8.80. The first kappa shape index (κ1) is 30.5. The molecule has 41 heavy (non-hydrogen) atoms. The molecule has 0 radical (unpaired) electrons. The van der Waals surface area contributed by atoms with Crippen molar-refractivity contribution in [3.63, 3.8) is 0 Å². The number of carbonyl (C=O) groups excluding carboxylic acids is 2. The van der Waals surface area contributed by atoms with Gasteiger partial charge in [-0.05, 0) is 38.5 Å². The lowest BCUT2D eigenvalue weighted by atomic mass is 9.81. The average molecular weight is 554 g/mol. The molecule has 212 valence electrons. The molecule has 3 aromatic rings. The van der Waals surface area contributed by atoms with Crippen molar-refractivity contribution >= 4 is 23.9 Å². The van der Waals surface area contributed by atoms with Crippen LogP contribution in [0.5, 0.6) is 0 Å². The highest BCUT2D eigenvalue weighted by Gasteiger charge is 2.37. The van der Waals surface area contributed by atoms with Crippen molar-refractivity contribution in [3.8, 4) is 5.69 Å². The third kappa shape index (κ3) is 7.14. The van der Waals surface area contributed by atoms with E-state index in [1.165, 1.54) is 4.57 Å². The van der Waals surface area contributed by atoms with Crippen LogP contribution in [0.2, 0.25) is 0 Å². The summed E-state index contributed by atoms with van der Waals surface area (Å²) in [5.74, 6) is -0.0148. The van der Waals surface area contributed by atoms with Crippen molar-refractivity contribution in [1.82, 2.24) is 15.0 Å². The quantitative estimate of drug-likeness (QED) is 0.111. The number of carbonyl (C=O) groups is 2. The summed E-state index contributed by atoms with van der Waals surface area (Å²) in [6.07, 6.45) is 7.58. The monoisotopic (exact) mass is 553 g/mol. The van der Waals surface area contributed by atoms with Crippen molar-refractivity contribution in [2.75, 3.05) is 24.4 Å². The molecule has 4 rings (SSSR count). The Morgan fingerprint density at radius 3 is 2.37 bits per heavy atom. The lowest BCUT2D eigenvalue weighted by molar-refractivity contribution is -0.138. The first-order valence-corrected chi connectivity index (χ1v) is 13.2. The maximum atomic E-state index is 13.1. The number of aldehydes is 1. The minimum atomic E-state index is -0.495. The first-order valence-electron chi connectivity index (χ1n) is 13.2. The molecule has 1 unspecified atom stereocenters. The highest BCUT2D eigenvalue weighted by molar-refractivity contribution is 5.95. The van der Waals surface area contributed by atoms with Crippen LogP contribution >= 0.6 is 0 Å². The van der Waals surface area contributed by atoms with E-state index >= 15 is 0 Å². The fraction of sp³-hybridized carbons (Fsp3) is 0.188. The Balaban J connectivity index is 0.000000445. The smallest absolute Gasteiger partial charge is 0.355 e. The second kappa shape index (κ2) is 14.9. The zero-order valence-corrected chi connectivity index (χ0v) is 23.7. The summed E-state index contributed by atoms with van der Waals surface area (Å²) in [7, 11) is 1.69. The molecule has 0 saturated carbocycles. The molecule has 3 N–H and O–H groups in total. The highest BCUT2D eigenvalue weighted by Crippen LogP contribution is 2.44. The molecule has 1 aromatic heterocycles. The van der Waals surface area contributed by atoms with E-state index in [2.05, 4.69) is 27.7 Å². The standard InChI is InChI=1S/C24H25N5O3.C8H10O/c1-4-32-23(30)18-15(2)26-22-20(19(18)16-11-7-5-8-12-16)21(28-25-3)27-24(31)29(22)17-13-9-6-10-14-17;1-3-5-8(7-9)6-4-2/h5-14,19,25-26H,4H2,1-3H3,(H,27,28,31);3-7H,1H2,2H3/b;6-4-,8-5+. The van der Waals surface area contributed by atoms with Crippen LogP contribution in [0.25, 0.3) is 5.69 Å². The Hall–Kier alpha value is -5.02. The van der Waals surface area contributed by atoms with Gasteiger partial charge in [-0.1, -0.05) is 79.4 Å². The number of para-hydroxylation sites is 1. The van der Waals surface area contributed by atoms with Crippen LogP contribution in [-0.2, 0) is 14.3 Å². The number of anilines is 2. The average Bonchev–Trinajstić information content (AvgIpc) is 2.98. The summed E-state index contributed by atoms with van der Waals surface area (Å²) in [4.78, 5) is 40.6. The van der Waals surface area contributed by atoms with E-state index in [1.807, 2.05) is 80.6 Å². The van der Waals surface area contributed by atoms with Gasteiger partial charge in [0.15, 0.2) is 5.82 Å². The number of benzene rings is 2. The number of fused-ring (bicyclic) bond motifs is 1. The number of aromatic nitrogens is 2. The molecule has 2 aromatic carbocycles. The molecule has 9 nitrogen and oxygen atoms in total. The number of hydrogen-bond acceptors (Lipinski definition) is 8. The van der Waals surface area contributed by atoms with Crippen LogP contribution in [0.15, 0.2) is 113 Å². The SMILES string of the molecule is C=C/C=C(C=O)\C=C/C.CCOC(=O)C1=C(C)Nc2c(c(NNC)nc(=O)n2-c2ccccc2)C1c1ccccc1. The number of rotatable bonds is 9. The fourth-order valence-corrected chi connectivity index (χ4v) is 4.49. The molecule has 1 aliphatic heterocycles. The topological polar surface area (TPSA) is 114 Å². The van der Waals surface area contributed by atoms with Crippen LogP contribution in [0.3, 0.4) is 0 Å². The molecular formula is C32H35N5O4. The predicted octanol–water partition coefficient (Wildman–Crippen LogP) is 5.05. The second-order valence-corrected chi connectivity index (χ2v) is 8.80. The molecule has 2 heterocycles. The third-order valence-electron chi connectivity index (χ3n) is 6.11. The van der Waals surface area contributed by atoms with E-state index < -0.39 is 17.6 Å². The molecule has 1 atom stereocenters. The van der Waals surface area contributed by atoms with E-state index in [1.54, 1.807) is 32.2 Å². The Morgan fingerprint density at radius 1 is 1.15 bits per heavy atom. The van der Waals surface area contributed by atoms with Gasteiger partial charge in [-0.3, -0.25) is 4.79 Å². The van der Waals surface area contributed by atoms with Crippen LogP contribution < -0.4 is 21.9 Å². The molecule has 0 bridgehead atoms. The number of hydrazine groups is 1. The van der Waals surface area contributed by atoms with Gasteiger partial charge >= 0.3 is 11.7 Å². The van der Waals surface area contributed by atoms with Crippen LogP contribution in [0, 0.1) is 0 Å². The van der Waals surface area contributed by atoms with E-state index in [4.69, 9.17) is 4.74 Å². The van der Waals surface area contributed by atoms with Gasteiger partial charge in [-0.15, -0.1) is 0 Å². The Labute approximate surface area is 239 Å². The van der Waals surface area contributed by atoms with Crippen molar-refractivity contribution < 1.29 is 14.3 Å². The molecule has 1 aliphatic rings. The van der Waals surface area contributed by atoms with Crippen LogP contribution in [-0.4, -0.2) is 35.5 Å². The van der Waals surface area contributed by atoms with Gasteiger partial charge in [0.1, 0.15) is 12.1 Å². The third-order valence-corrected chi connectivity index (χ3v) is 6.11. The van der Waals surface area contributed by atoms with Gasteiger partial charge in [0, 0.05) is 23.9 Å². The Morgan fingerprint density at radius 2 is 1.80 bits per heavy atom. The van der Waals surface area contributed by atoms with Crippen molar-refractivity contribution in [1.29, 1.82) is 0 Å². The normalized spacial score (nSPS) is 14.3. The summed E-state index contributed by atoms with van der Waals surface area (Å²) in [6.45, 7) is 9.17. The number of esters is 1. The van der Waals surface area contributed by atoms with Gasteiger partial charge in [0.05, 0.1) is 23.8 Å². The molecule has 0 spiro atoms. The predicted molar refractivity (Wildman–Crippen MR) is 163 cm³/mol. The fourth-order valence-electron chi connectivity index (χ4n) is 4.49. The first-order chi connectivity index (χ1) is 19.9. The maximum Gasteiger partial charge on any atom is 0.355 e. The number of nitrogens with one attached hydrogen (secondary N) is 3. The zero-order valence-electron chi connectivity index (χ0n) is 23.7. The summed E-state index contributed by atoms with van der Waals surface area (Å²) in [5, 5.41) is 3.29. The van der Waals surface area contributed by atoms with E-state index in [9.17, 15) is 14.4 Å². The summed E-state index contributed by atoms with van der Waals surface area (Å²) >= 11 is 0. The Bertz CT molecular complexity index is 1520. The molecule has 0 fully saturated rings. The van der Waals surface area contributed by atoms with E-state index in [-0.39, 0.29) is 6.61 Å². The lowest BCUT2D eigenvalue weighted by Gasteiger charge is -2.32. The summed E-state index contributed by atoms with van der Waals surface area (Å²) in [5.41, 5.74) is 9.35. The number of hydrogen-bond donors (Lipinski definition) is 3. The maximum absolute atomic E-state index is 13.1. The largest absolute Gasteiger partial charge is 0.463 e. The molecule has 0 saturated heterocycles. The minimum Gasteiger partial charge on any atom is -0.463 e. The number of allylic oxidation sites excluding steroid dienone is 6. The van der Waals surface area contributed by atoms with Gasteiger partial charge < -0.3 is 15.5 Å². The van der Waals surface area contributed by atoms with E-state index in [0.717, 1.165) is 11.8 Å². The molecule has 0 amide bonds. The zero-order chi connectivity index (χ0) is 29.8. The van der Waals surface area contributed by atoms with Gasteiger partial charge in [0.2, 0.25) is 0 Å². The van der Waals surface area contributed by atoms with Crippen molar-refractivity contribution in [2.24, 2.45) is 0 Å². The minimum absolute atomic E-state index is 0.257. The van der Waals surface area contributed by atoms with Gasteiger partial charge in [-0.25, -0.2) is 19.6 Å². The number of ether oxygens (including phenoxy) is 1. The van der Waals surface area contributed by atoms with Gasteiger partial charge in [0.25, 0.3) is 0 Å². The van der Waals surface area contributed by atoms with Crippen molar-refractivity contribution in [3.05, 3.63) is 130 Å². The molecule has 0 aliphatic carbocycles. The number of nitrogens with zero attached hydrogens (tertiary/aromatic N) is 2. The van der Waals surface area contributed by atoms with E-state index in [0.29, 0.717) is 39.7 Å². The summed E-state index contributed by atoms with van der Waals surface area (Å²) in [6, 6.07) is 18.9. The van der Waals surface area contributed by atoms with Crippen molar-refractivity contribution in [2.45, 2.75) is 26.7 Å². The summed E-state index contributed by atoms with van der Waals surface area (Å²) < 4.78 is 6.92.